The minimum Gasteiger partial charge on any atom is -0.495 e. The normalized spacial score (nSPS) is 10.9. The highest BCUT2D eigenvalue weighted by Crippen LogP contribution is 2.28. The van der Waals surface area contributed by atoms with E-state index in [1.165, 1.54) is 22.6 Å². The van der Waals surface area contributed by atoms with E-state index >= 15 is 0 Å². The fourth-order valence-corrected chi connectivity index (χ4v) is 3.80. The highest BCUT2D eigenvalue weighted by atomic mass is 32.1. The highest BCUT2D eigenvalue weighted by Gasteiger charge is 2.09. The van der Waals surface area contributed by atoms with E-state index in [-0.39, 0.29) is 0 Å². The van der Waals surface area contributed by atoms with Crippen LogP contribution in [-0.2, 0) is 13.2 Å². The summed E-state index contributed by atoms with van der Waals surface area (Å²) in [5.74, 6) is 0.772. The molecule has 0 spiro atoms. The first-order chi connectivity index (χ1) is 13.5. The largest absolute Gasteiger partial charge is 0.495 e. The average Bonchev–Trinajstić information content (AvgIpc) is 3.01. The number of hydrogen-bond donors (Lipinski definition) is 1. The number of benzene rings is 2. The van der Waals surface area contributed by atoms with Gasteiger partial charge in [0.25, 0.3) is 0 Å². The van der Waals surface area contributed by atoms with Gasteiger partial charge in [0.2, 0.25) is 5.13 Å². The van der Waals surface area contributed by atoms with Gasteiger partial charge in [0.05, 0.1) is 19.5 Å². The first-order valence-electron chi connectivity index (χ1n) is 8.89. The van der Waals surface area contributed by atoms with Gasteiger partial charge in [0.1, 0.15) is 5.75 Å². The summed E-state index contributed by atoms with van der Waals surface area (Å²) in [4.78, 5) is 4.28. The van der Waals surface area contributed by atoms with E-state index in [1.807, 2.05) is 43.0 Å². The lowest BCUT2D eigenvalue weighted by Gasteiger charge is -2.18. The molecule has 0 fully saturated rings. The molecule has 6 nitrogen and oxygen atoms in total. The van der Waals surface area contributed by atoms with Crippen LogP contribution >= 0.6 is 23.6 Å². The summed E-state index contributed by atoms with van der Waals surface area (Å²) in [6, 6.07) is 16.3. The van der Waals surface area contributed by atoms with E-state index in [4.69, 9.17) is 17.0 Å². The summed E-state index contributed by atoms with van der Waals surface area (Å²) in [5.41, 5.74) is 3.32. The maximum absolute atomic E-state index is 5.49. The van der Waals surface area contributed by atoms with E-state index in [0.717, 1.165) is 27.1 Å². The second-order valence-corrected chi connectivity index (χ2v) is 8.34. The molecule has 0 atom stereocenters. The first-order valence-corrected chi connectivity index (χ1v) is 10.1. The lowest BCUT2D eigenvalue weighted by atomic mass is 10.2. The van der Waals surface area contributed by atoms with Crippen molar-refractivity contribution >= 4 is 40.1 Å². The molecule has 0 aliphatic heterocycles. The van der Waals surface area contributed by atoms with Gasteiger partial charge in [-0.1, -0.05) is 35.6 Å². The predicted molar refractivity (Wildman–Crippen MR) is 119 cm³/mol. The third kappa shape index (κ3) is 5.09. The SMILES string of the molecule is COc1ccccc1Nc1nn(CN(C)Cc2ccc(N(C)C)cc2)c(=S)s1. The fourth-order valence-electron chi connectivity index (χ4n) is 2.80. The third-order valence-corrected chi connectivity index (χ3v) is 5.46. The van der Waals surface area contributed by atoms with Crippen LogP contribution in [0.15, 0.2) is 48.5 Å². The van der Waals surface area contributed by atoms with Gasteiger partial charge in [-0.05, 0) is 49.1 Å². The van der Waals surface area contributed by atoms with Gasteiger partial charge >= 0.3 is 0 Å². The monoisotopic (exact) mass is 415 g/mol. The molecule has 28 heavy (non-hydrogen) atoms. The average molecular weight is 416 g/mol. The van der Waals surface area contributed by atoms with Crippen LogP contribution < -0.4 is 15.0 Å². The van der Waals surface area contributed by atoms with Crippen LogP contribution in [0.1, 0.15) is 5.56 Å². The summed E-state index contributed by atoms with van der Waals surface area (Å²) in [5, 5.41) is 8.66. The first kappa shape index (κ1) is 20.3. The van der Waals surface area contributed by atoms with E-state index in [0.29, 0.717) is 6.67 Å². The molecule has 1 N–H and O–H groups in total. The molecule has 3 rings (SSSR count). The molecule has 3 aromatic rings. The standard InChI is InChI=1S/C20H25N5OS2/c1-23(2)16-11-9-15(10-12-16)13-24(3)14-25-20(27)28-19(22-25)21-17-7-5-6-8-18(17)26-4/h5-12H,13-14H2,1-4H3,(H,21,22). The van der Waals surface area contributed by atoms with E-state index in [9.17, 15) is 0 Å². The number of aromatic nitrogens is 2. The number of methoxy groups -OCH3 is 1. The van der Waals surface area contributed by atoms with Crippen molar-refractivity contribution in [2.45, 2.75) is 13.2 Å². The Labute approximate surface area is 175 Å². The van der Waals surface area contributed by atoms with Gasteiger partial charge in [0.15, 0.2) is 3.95 Å². The van der Waals surface area contributed by atoms with Gasteiger partial charge in [-0.2, -0.15) is 0 Å². The molecule has 148 valence electrons. The van der Waals surface area contributed by atoms with Gasteiger partial charge in [-0.15, -0.1) is 5.10 Å². The molecule has 0 saturated heterocycles. The van der Waals surface area contributed by atoms with Crippen molar-refractivity contribution in [1.29, 1.82) is 0 Å². The smallest absolute Gasteiger partial charge is 0.209 e. The van der Waals surface area contributed by atoms with Crippen molar-refractivity contribution < 1.29 is 4.74 Å². The van der Waals surface area contributed by atoms with E-state index in [1.54, 1.807) is 7.11 Å². The van der Waals surface area contributed by atoms with Crippen LogP contribution in [0.4, 0.5) is 16.5 Å². The van der Waals surface area contributed by atoms with Gasteiger partial charge in [-0.3, -0.25) is 4.90 Å². The van der Waals surface area contributed by atoms with Crippen LogP contribution in [0.2, 0.25) is 0 Å². The van der Waals surface area contributed by atoms with Gasteiger partial charge in [0, 0.05) is 26.3 Å². The van der Waals surface area contributed by atoms with Crippen molar-refractivity contribution in [1.82, 2.24) is 14.7 Å². The van der Waals surface area contributed by atoms with E-state index < -0.39 is 0 Å². The Bertz CT molecular complexity index is 965. The number of para-hydroxylation sites is 2. The second kappa shape index (κ2) is 9.18. The lowest BCUT2D eigenvalue weighted by molar-refractivity contribution is 0.245. The van der Waals surface area contributed by atoms with Crippen molar-refractivity contribution in [3.63, 3.8) is 0 Å². The Morgan fingerprint density at radius 1 is 1.11 bits per heavy atom. The molecule has 0 bridgehead atoms. The molecule has 2 aromatic carbocycles. The molecular weight excluding hydrogens is 390 g/mol. The summed E-state index contributed by atoms with van der Waals surface area (Å²) >= 11 is 6.94. The Balaban J connectivity index is 1.65. The molecule has 0 radical (unpaired) electrons. The maximum atomic E-state index is 5.49. The van der Waals surface area contributed by atoms with Crippen LogP contribution in [0.25, 0.3) is 0 Å². The van der Waals surface area contributed by atoms with Crippen LogP contribution in [-0.4, -0.2) is 42.9 Å². The van der Waals surface area contributed by atoms with E-state index in [2.05, 4.69) is 51.5 Å². The zero-order valence-corrected chi connectivity index (χ0v) is 18.2. The molecule has 0 unspecified atom stereocenters. The van der Waals surface area contributed by atoms with Crippen LogP contribution in [0.5, 0.6) is 5.75 Å². The molecule has 0 amide bonds. The lowest BCUT2D eigenvalue weighted by Crippen LogP contribution is -2.22. The van der Waals surface area contributed by atoms with Crippen molar-refractivity contribution in [2.24, 2.45) is 0 Å². The van der Waals surface area contributed by atoms with Gasteiger partial charge in [-0.25, -0.2) is 4.68 Å². The Hall–Kier alpha value is -2.42. The number of nitrogens with one attached hydrogen (secondary N) is 1. The third-order valence-electron chi connectivity index (χ3n) is 4.24. The minimum absolute atomic E-state index is 0.623. The number of nitrogens with zero attached hydrogens (tertiary/aromatic N) is 4. The summed E-state index contributed by atoms with van der Waals surface area (Å²) in [6.07, 6.45) is 0. The molecule has 0 aliphatic rings. The number of rotatable bonds is 8. The molecule has 0 aliphatic carbocycles. The van der Waals surface area contributed by atoms with Crippen molar-refractivity contribution in [3.8, 4) is 5.75 Å². The van der Waals surface area contributed by atoms with Crippen LogP contribution in [0, 0.1) is 3.95 Å². The van der Waals surface area contributed by atoms with Crippen LogP contribution in [0.3, 0.4) is 0 Å². The summed E-state index contributed by atoms with van der Waals surface area (Å²) < 4.78 is 7.95. The number of hydrogen-bond acceptors (Lipinski definition) is 7. The van der Waals surface area contributed by atoms with Gasteiger partial charge < -0.3 is 15.0 Å². The molecule has 1 aromatic heterocycles. The minimum atomic E-state index is 0.623. The molecule has 1 heterocycles. The Kier molecular flexibility index (Phi) is 6.66. The Morgan fingerprint density at radius 2 is 1.82 bits per heavy atom. The second-order valence-electron chi connectivity index (χ2n) is 6.71. The zero-order chi connectivity index (χ0) is 20.1. The highest BCUT2D eigenvalue weighted by molar-refractivity contribution is 7.73. The summed E-state index contributed by atoms with van der Waals surface area (Å²) in [7, 11) is 7.80. The molecule has 8 heteroatoms. The molecule has 0 saturated carbocycles. The Morgan fingerprint density at radius 3 is 2.50 bits per heavy atom. The predicted octanol–water partition coefficient (Wildman–Crippen LogP) is 4.58. The van der Waals surface area contributed by atoms with Crippen molar-refractivity contribution in [3.05, 3.63) is 58.0 Å². The zero-order valence-electron chi connectivity index (χ0n) is 16.5. The fraction of sp³-hybridized carbons (Fsp3) is 0.300. The topological polar surface area (TPSA) is 45.6 Å². The number of ether oxygens (including phenoxy) is 1. The quantitative estimate of drug-likeness (QED) is 0.543. The maximum Gasteiger partial charge on any atom is 0.209 e. The molecular formula is C20H25N5OS2. The summed E-state index contributed by atoms with van der Waals surface area (Å²) in [6.45, 7) is 1.45. The van der Waals surface area contributed by atoms with Crippen molar-refractivity contribution in [2.75, 3.05) is 38.5 Å². The number of anilines is 3.